The molecule has 1 N–H and O–H groups in total. The molecule has 0 amide bonds. The van der Waals surface area contributed by atoms with Gasteiger partial charge in [-0.05, 0) is 47.4 Å². The van der Waals surface area contributed by atoms with Crippen LogP contribution in [0, 0.1) is 5.92 Å². The monoisotopic (exact) mass is 292 g/mol. The molecule has 0 aliphatic heterocycles. The van der Waals surface area contributed by atoms with Crippen LogP contribution in [0.15, 0.2) is 66.7 Å². The summed E-state index contributed by atoms with van der Waals surface area (Å²) in [6, 6.07) is 18.5. The second kappa shape index (κ2) is 6.10. The normalized spacial score (nSPS) is 25.2. The van der Waals surface area contributed by atoms with Crippen molar-refractivity contribution in [3.05, 3.63) is 72.3 Å². The molecule has 1 nitrogen and oxygen atoms in total. The van der Waals surface area contributed by atoms with E-state index in [4.69, 9.17) is 0 Å². The Kier molecular flexibility index (Phi) is 4.17. The molecular weight excluding hydrogens is 268 g/mol. The molecule has 1 aliphatic rings. The Labute approximate surface area is 133 Å². The van der Waals surface area contributed by atoms with E-state index in [1.165, 1.54) is 0 Å². The van der Waals surface area contributed by atoms with E-state index in [-0.39, 0.29) is 0 Å². The van der Waals surface area contributed by atoms with Crippen LogP contribution < -0.4 is 0 Å². The van der Waals surface area contributed by atoms with E-state index in [1.807, 2.05) is 30.3 Å². The predicted octanol–water partition coefficient (Wildman–Crippen LogP) is 5.31. The zero-order chi connectivity index (χ0) is 15.6. The summed E-state index contributed by atoms with van der Waals surface area (Å²) in [5.41, 5.74) is 3.34. The maximum Gasteiger partial charge on any atom is 0.111 e. The van der Waals surface area contributed by atoms with Gasteiger partial charge in [0.25, 0.3) is 0 Å². The summed E-state index contributed by atoms with van der Waals surface area (Å²) in [7, 11) is 0. The molecular formula is C21H24O. The molecule has 0 spiro atoms. The third-order valence-electron chi connectivity index (χ3n) is 5.07. The van der Waals surface area contributed by atoms with Crippen molar-refractivity contribution in [2.24, 2.45) is 5.92 Å². The molecule has 114 valence electrons. The maximum atomic E-state index is 11.4. The maximum absolute atomic E-state index is 11.4. The predicted molar refractivity (Wildman–Crippen MR) is 92.5 cm³/mol. The second-order valence-electron chi connectivity index (χ2n) is 6.39. The van der Waals surface area contributed by atoms with E-state index in [0.29, 0.717) is 5.92 Å². The van der Waals surface area contributed by atoms with Gasteiger partial charge >= 0.3 is 0 Å². The number of aliphatic hydroxyl groups is 1. The van der Waals surface area contributed by atoms with Gasteiger partial charge in [-0.2, -0.15) is 0 Å². The quantitative estimate of drug-likeness (QED) is 0.760. The molecule has 22 heavy (non-hydrogen) atoms. The van der Waals surface area contributed by atoms with Gasteiger partial charge in [0.05, 0.1) is 0 Å². The lowest BCUT2D eigenvalue weighted by Gasteiger charge is -2.39. The number of hydrogen-bond acceptors (Lipinski definition) is 1. The van der Waals surface area contributed by atoms with Crippen molar-refractivity contribution in [2.75, 3.05) is 0 Å². The molecule has 0 aromatic heterocycles. The summed E-state index contributed by atoms with van der Waals surface area (Å²) >= 11 is 0. The smallest absolute Gasteiger partial charge is 0.111 e. The highest BCUT2D eigenvalue weighted by Crippen LogP contribution is 2.46. The first kappa shape index (κ1) is 15.1. The summed E-state index contributed by atoms with van der Waals surface area (Å²) in [6.07, 6.45) is 3.93. The van der Waals surface area contributed by atoms with Crippen molar-refractivity contribution in [3.8, 4) is 11.1 Å². The fourth-order valence-electron chi connectivity index (χ4n) is 3.60. The summed E-state index contributed by atoms with van der Waals surface area (Å²) in [5, 5.41) is 11.4. The van der Waals surface area contributed by atoms with Crippen LogP contribution in [-0.2, 0) is 5.60 Å². The molecule has 1 aliphatic carbocycles. The first-order valence-corrected chi connectivity index (χ1v) is 8.20. The number of benzene rings is 2. The highest BCUT2D eigenvalue weighted by molar-refractivity contribution is 5.69. The highest BCUT2D eigenvalue weighted by Gasteiger charge is 2.38. The fourth-order valence-corrected chi connectivity index (χ4v) is 3.60. The molecule has 0 saturated heterocycles. The molecule has 2 aromatic carbocycles. The minimum Gasteiger partial charge on any atom is -0.381 e. The van der Waals surface area contributed by atoms with Crippen LogP contribution in [0.1, 0.15) is 38.2 Å². The summed E-state index contributed by atoms with van der Waals surface area (Å²) in [5.74, 6) is 0.664. The topological polar surface area (TPSA) is 20.2 Å². The summed E-state index contributed by atoms with van der Waals surface area (Å²) < 4.78 is 0. The van der Waals surface area contributed by atoms with E-state index in [1.54, 1.807) is 0 Å². The van der Waals surface area contributed by atoms with Gasteiger partial charge in [0.2, 0.25) is 0 Å². The standard InChI is InChI=1S/C21H24O/c1-3-17-13-14-21(22,16(2)15-17)20-12-8-7-11-19(20)18-9-5-4-6-10-18/h4-12,17,22H,2-3,13-15H2,1H3. The Morgan fingerprint density at radius 3 is 2.45 bits per heavy atom. The van der Waals surface area contributed by atoms with Gasteiger partial charge in [-0.3, -0.25) is 0 Å². The molecule has 2 unspecified atom stereocenters. The molecule has 2 aromatic rings. The largest absolute Gasteiger partial charge is 0.381 e. The Balaban J connectivity index is 2.04. The van der Waals surface area contributed by atoms with E-state index in [9.17, 15) is 5.11 Å². The summed E-state index contributed by atoms with van der Waals surface area (Å²) in [6.45, 7) is 6.45. The van der Waals surface area contributed by atoms with E-state index in [0.717, 1.165) is 47.9 Å². The molecule has 1 heteroatoms. The van der Waals surface area contributed by atoms with Crippen LogP contribution in [0.25, 0.3) is 11.1 Å². The Morgan fingerprint density at radius 1 is 1.09 bits per heavy atom. The van der Waals surface area contributed by atoms with Crippen LogP contribution in [0.2, 0.25) is 0 Å². The zero-order valence-electron chi connectivity index (χ0n) is 13.3. The molecule has 2 atom stereocenters. The minimum absolute atomic E-state index is 0.664. The Morgan fingerprint density at radius 2 is 1.77 bits per heavy atom. The van der Waals surface area contributed by atoms with Gasteiger partial charge in [0, 0.05) is 0 Å². The van der Waals surface area contributed by atoms with Crippen LogP contribution in [0.5, 0.6) is 0 Å². The second-order valence-corrected chi connectivity index (χ2v) is 6.39. The third-order valence-corrected chi connectivity index (χ3v) is 5.07. The zero-order valence-corrected chi connectivity index (χ0v) is 13.3. The van der Waals surface area contributed by atoms with Crippen molar-refractivity contribution in [3.63, 3.8) is 0 Å². The molecule has 1 fully saturated rings. The van der Waals surface area contributed by atoms with Crippen LogP contribution in [-0.4, -0.2) is 5.11 Å². The van der Waals surface area contributed by atoms with Crippen molar-refractivity contribution >= 4 is 0 Å². The van der Waals surface area contributed by atoms with Crippen molar-refractivity contribution in [1.29, 1.82) is 0 Å². The lowest BCUT2D eigenvalue weighted by molar-refractivity contribution is 0.0373. The van der Waals surface area contributed by atoms with Crippen LogP contribution in [0.3, 0.4) is 0 Å². The van der Waals surface area contributed by atoms with E-state index < -0.39 is 5.60 Å². The molecule has 0 bridgehead atoms. The van der Waals surface area contributed by atoms with Gasteiger partial charge in [-0.15, -0.1) is 0 Å². The Bertz CT molecular complexity index is 659. The van der Waals surface area contributed by atoms with Crippen molar-refractivity contribution in [2.45, 2.75) is 38.2 Å². The average Bonchev–Trinajstić information content (AvgIpc) is 2.58. The average molecular weight is 292 g/mol. The number of hydrogen-bond donors (Lipinski definition) is 1. The molecule has 0 heterocycles. The van der Waals surface area contributed by atoms with Gasteiger partial charge in [-0.1, -0.05) is 74.5 Å². The lowest BCUT2D eigenvalue weighted by atomic mass is 9.70. The van der Waals surface area contributed by atoms with Crippen molar-refractivity contribution < 1.29 is 5.11 Å². The lowest BCUT2D eigenvalue weighted by Crippen LogP contribution is -2.34. The number of rotatable bonds is 3. The Hall–Kier alpha value is -1.86. The van der Waals surface area contributed by atoms with Gasteiger partial charge < -0.3 is 5.11 Å². The van der Waals surface area contributed by atoms with Gasteiger partial charge in [0.1, 0.15) is 5.60 Å². The minimum atomic E-state index is -0.891. The van der Waals surface area contributed by atoms with Gasteiger partial charge in [-0.25, -0.2) is 0 Å². The van der Waals surface area contributed by atoms with Crippen LogP contribution >= 0.6 is 0 Å². The van der Waals surface area contributed by atoms with Crippen molar-refractivity contribution in [1.82, 2.24) is 0 Å². The molecule has 3 rings (SSSR count). The molecule has 1 saturated carbocycles. The highest BCUT2D eigenvalue weighted by atomic mass is 16.3. The van der Waals surface area contributed by atoms with Crippen LogP contribution in [0.4, 0.5) is 0 Å². The molecule has 0 radical (unpaired) electrons. The fraction of sp³-hybridized carbons (Fsp3) is 0.333. The first-order chi connectivity index (χ1) is 10.6. The van der Waals surface area contributed by atoms with E-state index in [2.05, 4.69) is 37.8 Å². The third kappa shape index (κ3) is 2.62. The summed E-state index contributed by atoms with van der Waals surface area (Å²) in [4.78, 5) is 0. The van der Waals surface area contributed by atoms with E-state index >= 15 is 0 Å². The van der Waals surface area contributed by atoms with Gasteiger partial charge in [0.15, 0.2) is 0 Å². The first-order valence-electron chi connectivity index (χ1n) is 8.20. The SMILES string of the molecule is C=C1CC(CC)CCC1(O)c1ccccc1-c1ccccc1.